The predicted octanol–water partition coefficient (Wildman–Crippen LogP) is 0.460. The van der Waals surface area contributed by atoms with Crippen LogP contribution in [0.1, 0.15) is 11.4 Å². The van der Waals surface area contributed by atoms with Crippen LogP contribution in [0.3, 0.4) is 0 Å². The number of hydrogen-bond acceptors (Lipinski definition) is 7. The number of aliphatic hydroxyl groups excluding tert-OH is 2. The highest BCUT2D eigenvalue weighted by Gasteiger charge is 2.37. The van der Waals surface area contributed by atoms with Gasteiger partial charge in [0.25, 0.3) is 0 Å². The van der Waals surface area contributed by atoms with E-state index in [0.29, 0.717) is 17.9 Å². The highest BCUT2D eigenvalue weighted by molar-refractivity contribution is 7.18. The van der Waals surface area contributed by atoms with E-state index in [9.17, 15) is 10.2 Å². The lowest BCUT2D eigenvalue weighted by molar-refractivity contribution is -0.121. The fraction of sp³-hybridized carbons (Fsp3) is 0.438. The van der Waals surface area contributed by atoms with Crippen molar-refractivity contribution < 1.29 is 14.9 Å². The van der Waals surface area contributed by atoms with Crippen molar-refractivity contribution in [1.29, 1.82) is 0 Å². The fourth-order valence-corrected chi connectivity index (χ4v) is 3.68. The first-order valence-electron chi connectivity index (χ1n) is 7.92. The van der Waals surface area contributed by atoms with E-state index in [-0.39, 0.29) is 6.61 Å². The first kappa shape index (κ1) is 17.9. The average molecular weight is 363 g/mol. The van der Waals surface area contributed by atoms with Gasteiger partial charge in [-0.15, -0.1) is 11.3 Å². The molecule has 1 aliphatic rings. The van der Waals surface area contributed by atoms with Crippen LogP contribution < -0.4 is 11.5 Å². The Kier molecular flexibility index (Phi) is 5.40. The summed E-state index contributed by atoms with van der Waals surface area (Å²) in [4.78, 5) is 13.1. The summed E-state index contributed by atoms with van der Waals surface area (Å²) in [6.07, 6.45) is -0.800. The summed E-state index contributed by atoms with van der Waals surface area (Å²) >= 11 is 1.59. The van der Waals surface area contributed by atoms with Gasteiger partial charge in [0.1, 0.15) is 12.2 Å². The van der Waals surface area contributed by atoms with E-state index in [1.54, 1.807) is 11.3 Å². The third-order valence-corrected chi connectivity index (χ3v) is 4.98. The molecule has 1 aromatic heterocycles. The van der Waals surface area contributed by atoms with Crippen LogP contribution in [0.4, 0.5) is 5.69 Å². The Morgan fingerprint density at radius 1 is 1.52 bits per heavy atom. The molecule has 134 valence electrons. The van der Waals surface area contributed by atoms with Crippen LogP contribution in [0.5, 0.6) is 0 Å². The summed E-state index contributed by atoms with van der Waals surface area (Å²) in [5.41, 5.74) is 13.0. The van der Waals surface area contributed by atoms with Gasteiger partial charge in [-0.2, -0.15) is 0 Å². The molecule has 0 bridgehead atoms. The van der Waals surface area contributed by atoms with E-state index in [4.69, 9.17) is 16.2 Å². The second-order valence-corrected chi connectivity index (χ2v) is 7.10. The largest absolute Gasteiger partial charge is 0.394 e. The minimum absolute atomic E-state index is 0.329. The minimum atomic E-state index is -0.930. The van der Waals surface area contributed by atoms with Gasteiger partial charge in [-0.3, -0.25) is 0 Å². The zero-order chi connectivity index (χ0) is 18.0. The van der Waals surface area contributed by atoms with Gasteiger partial charge < -0.3 is 26.4 Å². The Balaban J connectivity index is 1.92. The van der Waals surface area contributed by atoms with Crippen molar-refractivity contribution in [3.8, 4) is 0 Å². The van der Waals surface area contributed by atoms with Gasteiger partial charge in [0.05, 0.1) is 40.0 Å². The molecular weight excluding hydrogens is 342 g/mol. The number of ether oxygens (including phenoxy) is 1. The molecular formula is C16H21N5O3S. The average Bonchev–Trinajstić information content (AvgIpc) is 2.96. The van der Waals surface area contributed by atoms with Crippen LogP contribution in [0, 0.1) is 6.92 Å². The maximum Gasteiger partial charge on any atom is 0.159 e. The molecule has 1 aromatic carbocycles. The van der Waals surface area contributed by atoms with Gasteiger partial charge >= 0.3 is 0 Å². The number of thiazole rings is 1. The maximum absolute atomic E-state index is 9.96. The van der Waals surface area contributed by atoms with Crippen molar-refractivity contribution in [3.63, 3.8) is 0 Å². The van der Waals surface area contributed by atoms with Crippen molar-refractivity contribution >= 4 is 39.4 Å². The Hall–Kier alpha value is -1.91. The van der Waals surface area contributed by atoms with E-state index >= 15 is 0 Å². The predicted molar refractivity (Wildman–Crippen MR) is 98.5 cm³/mol. The number of rotatable bonds is 3. The maximum atomic E-state index is 9.96. The normalized spacial score (nSPS) is 28.1. The van der Waals surface area contributed by atoms with Gasteiger partial charge in [-0.1, -0.05) is 0 Å². The summed E-state index contributed by atoms with van der Waals surface area (Å²) < 4.78 is 6.73. The number of aliphatic imine (C=N–C) groups is 2. The van der Waals surface area contributed by atoms with Crippen LogP contribution in [0.2, 0.25) is 0 Å². The second kappa shape index (κ2) is 7.54. The second-order valence-electron chi connectivity index (χ2n) is 5.87. The lowest BCUT2D eigenvalue weighted by Gasteiger charge is -2.36. The molecule has 0 radical (unpaired) electrons. The number of fused-ring (bicyclic) bond motifs is 1. The van der Waals surface area contributed by atoms with Gasteiger partial charge in [0.15, 0.2) is 5.84 Å². The first-order chi connectivity index (χ1) is 12.0. The zero-order valence-electron chi connectivity index (χ0n) is 13.7. The molecule has 25 heavy (non-hydrogen) atoms. The Labute approximate surface area is 148 Å². The van der Waals surface area contributed by atoms with Crippen LogP contribution >= 0.6 is 11.3 Å². The highest BCUT2D eigenvalue weighted by Crippen LogP contribution is 2.28. The van der Waals surface area contributed by atoms with Crippen molar-refractivity contribution in [2.45, 2.75) is 37.7 Å². The number of aliphatic hydroxyl groups is 2. The number of aryl methyl sites for hydroxylation is 1. The molecule has 8 nitrogen and oxygen atoms in total. The highest BCUT2D eigenvalue weighted by atomic mass is 32.1. The number of nitrogens with two attached hydrogens (primary N) is 2. The summed E-state index contributed by atoms with van der Waals surface area (Å²) in [6.45, 7) is 1.62. The zero-order valence-corrected chi connectivity index (χ0v) is 14.6. The number of aromatic nitrogens is 1. The molecule has 0 amide bonds. The number of amidine groups is 1. The molecule has 1 saturated heterocycles. The fourth-order valence-electron chi connectivity index (χ4n) is 2.82. The molecule has 2 heterocycles. The van der Waals surface area contributed by atoms with Crippen LogP contribution in [0.25, 0.3) is 10.2 Å². The molecule has 6 N–H and O–H groups in total. The van der Waals surface area contributed by atoms with E-state index in [1.165, 1.54) is 0 Å². The third-order valence-electron chi connectivity index (χ3n) is 4.04. The van der Waals surface area contributed by atoms with Gasteiger partial charge in [0.2, 0.25) is 0 Å². The molecule has 9 heteroatoms. The molecule has 0 aliphatic carbocycles. The number of hydrogen-bond donors (Lipinski definition) is 4. The summed E-state index contributed by atoms with van der Waals surface area (Å²) in [5.74, 6) is 0.351. The summed E-state index contributed by atoms with van der Waals surface area (Å²) in [5, 5.41) is 20.3. The quantitative estimate of drug-likeness (QED) is 0.461. The van der Waals surface area contributed by atoms with E-state index < -0.39 is 24.4 Å². The van der Waals surface area contributed by atoms with E-state index in [1.807, 2.05) is 25.1 Å². The molecule has 0 spiro atoms. The first-order valence-corrected chi connectivity index (χ1v) is 8.73. The SMILES string of the molecule is Cc1nc2ccc(N=C(N=CN)C3CC(N)C(O)C(CO)O3)cc2s1. The van der Waals surface area contributed by atoms with Crippen molar-refractivity contribution in [1.82, 2.24) is 4.98 Å². The van der Waals surface area contributed by atoms with Crippen LogP contribution in [-0.2, 0) is 4.74 Å². The summed E-state index contributed by atoms with van der Waals surface area (Å²) in [7, 11) is 0. The van der Waals surface area contributed by atoms with Crippen LogP contribution in [0.15, 0.2) is 28.2 Å². The van der Waals surface area contributed by atoms with E-state index in [2.05, 4.69) is 15.0 Å². The molecule has 3 rings (SSSR count). The Morgan fingerprint density at radius 2 is 2.32 bits per heavy atom. The van der Waals surface area contributed by atoms with Gasteiger partial charge in [-0.05, 0) is 31.5 Å². The van der Waals surface area contributed by atoms with Crippen molar-refractivity contribution in [2.24, 2.45) is 21.5 Å². The Morgan fingerprint density at radius 3 is 3.04 bits per heavy atom. The smallest absolute Gasteiger partial charge is 0.159 e. The van der Waals surface area contributed by atoms with Crippen LogP contribution in [-0.4, -0.2) is 58.3 Å². The van der Waals surface area contributed by atoms with Crippen molar-refractivity contribution in [2.75, 3.05) is 6.61 Å². The molecule has 4 atom stereocenters. The van der Waals surface area contributed by atoms with Gasteiger partial charge in [0, 0.05) is 6.04 Å². The van der Waals surface area contributed by atoms with Gasteiger partial charge in [-0.25, -0.2) is 15.0 Å². The number of benzene rings is 1. The molecule has 1 aliphatic heterocycles. The molecule has 0 saturated carbocycles. The lowest BCUT2D eigenvalue weighted by atomic mass is 9.96. The van der Waals surface area contributed by atoms with E-state index in [0.717, 1.165) is 21.6 Å². The monoisotopic (exact) mass is 363 g/mol. The lowest BCUT2D eigenvalue weighted by Crippen LogP contribution is -2.55. The molecule has 1 fully saturated rings. The molecule has 4 unspecified atom stereocenters. The standard InChI is InChI=1S/C16H21N5O3S/c1-8-20-11-3-2-9(4-14(11)25-8)21-16(19-7-17)12-5-10(18)15(23)13(6-22)24-12/h2-4,7,10,12-13,15,22-23H,5-6,18H2,1H3,(H2,17,19,21). The summed E-state index contributed by atoms with van der Waals surface area (Å²) in [6, 6.07) is 5.12. The molecule has 2 aromatic rings. The Bertz CT molecular complexity index is 806. The topological polar surface area (TPSA) is 139 Å². The number of nitrogens with zero attached hydrogens (tertiary/aromatic N) is 3. The third kappa shape index (κ3) is 3.86. The van der Waals surface area contributed by atoms with Crippen molar-refractivity contribution in [3.05, 3.63) is 23.2 Å². The minimum Gasteiger partial charge on any atom is -0.394 e.